The maximum Gasteiger partial charge on any atom is 0.406 e. The van der Waals surface area contributed by atoms with Gasteiger partial charge in [0, 0.05) is 24.6 Å². The third-order valence-corrected chi connectivity index (χ3v) is 3.52. The van der Waals surface area contributed by atoms with Gasteiger partial charge in [-0.3, -0.25) is 9.59 Å². The number of rotatable bonds is 4. The molecule has 0 fully saturated rings. The van der Waals surface area contributed by atoms with Crippen LogP contribution in [0.1, 0.15) is 21.7 Å². The van der Waals surface area contributed by atoms with E-state index >= 15 is 0 Å². The molecule has 1 N–H and O–H groups in total. The Morgan fingerprint density at radius 3 is 2.52 bits per heavy atom. The molecule has 2 aromatic heterocycles. The summed E-state index contributed by atoms with van der Waals surface area (Å²) in [6.07, 6.45) is -3.52. The van der Waals surface area contributed by atoms with Crippen LogP contribution < -0.4 is 10.9 Å². The number of aromatic nitrogens is 2. The molecule has 0 saturated carbocycles. The van der Waals surface area contributed by atoms with Crippen molar-refractivity contribution in [2.24, 2.45) is 7.05 Å². The molecule has 2 rings (SSSR count). The Morgan fingerprint density at radius 1 is 1.26 bits per heavy atom. The molecule has 2 aromatic rings. The zero-order valence-corrected chi connectivity index (χ0v) is 12.6. The fourth-order valence-electron chi connectivity index (χ4n) is 2.14. The largest absolute Gasteiger partial charge is 0.406 e. The van der Waals surface area contributed by atoms with Gasteiger partial charge in [-0.15, -0.1) is 0 Å². The van der Waals surface area contributed by atoms with Gasteiger partial charge in [-0.2, -0.15) is 13.2 Å². The predicted octanol–water partition coefficient (Wildman–Crippen LogP) is 1.99. The Labute approximate surface area is 130 Å². The van der Waals surface area contributed by atoms with E-state index in [1.165, 1.54) is 12.1 Å². The first kappa shape index (κ1) is 16.9. The van der Waals surface area contributed by atoms with Crippen LogP contribution in [0.5, 0.6) is 0 Å². The van der Waals surface area contributed by atoms with Crippen molar-refractivity contribution in [1.29, 1.82) is 0 Å². The molecule has 124 valence electrons. The normalized spacial score (nSPS) is 11.5. The second kappa shape index (κ2) is 6.31. The highest BCUT2D eigenvalue weighted by atomic mass is 19.4. The van der Waals surface area contributed by atoms with Gasteiger partial charge in [0.25, 0.3) is 11.5 Å². The number of alkyl halides is 3. The van der Waals surface area contributed by atoms with Crippen LogP contribution in [0.25, 0.3) is 0 Å². The van der Waals surface area contributed by atoms with Gasteiger partial charge < -0.3 is 14.5 Å². The number of hydrogen-bond acceptors (Lipinski definition) is 2. The Kier molecular flexibility index (Phi) is 4.63. The van der Waals surface area contributed by atoms with E-state index in [4.69, 9.17) is 0 Å². The monoisotopic (exact) mass is 327 g/mol. The highest BCUT2D eigenvalue weighted by Crippen LogP contribution is 2.16. The number of pyridine rings is 1. The van der Waals surface area contributed by atoms with Gasteiger partial charge in [0.05, 0.1) is 6.54 Å². The van der Waals surface area contributed by atoms with Crippen molar-refractivity contribution in [2.45, 2.75) is 26.2 Å². The smallest absolute Gasteiger partial charge is 0.350 e. The summed E-state index contributed by atoms with van der Waals surface area (Å²) in [5.74, 6) is -0.703. The van der Waals surface area contributed by atoms with Crippen LogP contribution in [-0.2, 0) is 20.1 Å². The lowest BCUT2D eigenvalue weighted by Crippen LogP contribution is -2.35. The number of halogens is 3. The predicted molar refractivity (Wildman–Crippen MR) is 78.1 cm³/mol. The summed E-state index contributed by atoms with van der Waals surface area (Å²) in [5, 5.41) is 2.55. The summed E-state index contributed by atoms with van der Waals surface area (Å²) >= 11 is 0. The van der Waals surface area contributed by atoms with Gasteiger partial charge in [0.15, 0.2) is 0 Å². The van der Waals surface area contributed by atoms with Gasteiger partial charge >= 0.3 is 6.18 Å². The van der Waals surface area contributed by atoms with Gasteiger partial charge in [0.1, 0.15) is 12.1 Å². The molecule has 1 amide bonds. The maximum atomic E-state index is 12.4. The highest BCUT2D eigenvalue weighted by molar-refractivity contribution is 5.93. The van der Waals surface area contributed by atoms with E-state index < -0.39 is 24.2 Å². The number of aryl methyl sites for hydroxylation is 1. The van der Waals surface area contributed by atoms with E-state index in [9.17, 15) is 22.8 Å². The molecule has 23 heavy (non-hydrogen) atoms. The van der Waals surface area contributed by atoms with Crippen LogP contribution in [0.2, 0.25) is 0 Å². The fraction of sp³-hybridized carbons (Fsp3) is 0.333. The third-order valence-electron chi connectivity index (χ3n) is 3.52. The van der Waals surface area contributed by atoms with Crippen molar-refractivity contribution in [3.63, 3.8) is 0 Å². The summed E-state index contributed by atoms with van der Waals surface area (Å²) in [6, 6.07) is 6.15. The van der Waals surface area contributed by atoms with Crippen LogP contribution in [0.4, 0.5) is 13.2 Å². The Morgan fingerprint density at radius 2 is 1.96 bits per heavy atom. The number of carbonyl (C=O) groups is 1. The highest BCUT2D eigenvalue weighted by Gasteiger charge is 2.29. The molecule has 8 heteroatoms. The van der Waals surface area contributed by atoms with Crippen molar-refractivity contribution in [2.75, 3.05) is 0 Å². The molecule has 0 unspecified atom stereocenters. The lowest BCUT2D eigenvalue weighted by Gasteiger charge is -2.11. The second-order valence-electron chi connectivity index (χ2n) is 5.18. The first-order valence-corrected chi connectivity index (χ1v) is 6.84. The number of amides is 1. The first-order valence-electron chi connectivity index (χ1n) is 6.84. The van der Waals surface area contributed by atoms with E-state index in [-0.39, 0.29) is 12.1 Å². The van der Waals surface area contributed by atoms with E-state index in [1.54, 1.807) is 0 Å². The van der Waals surface area contributed by atoms with Crippen molar-refractivity contribution >= 4 is 5.91 Å². The van der Waals surface area contributed by atoms with E-state index in [2.05, 4.69) is 5.32 Å². The summed E-state index contributed by atoms with van der Waals surface area (Å²) in [5.41, 5.74) is 0.539. The molecule has 0 spiro atoms. The van der Waals surface area contributed by atoms with Crippen molar-refractivity contribution in [3.05, 3.63) is 57.8 Å². The maximum absolute atomic E-state index is 12.4. The molecule has 0 saturated heterocycles. The Hall–Kier alpha value is -2.51. The standard InChI is InChI=1S/C15H16F3N3O2/c1-10-5-6-11(20(10)2)8-19-13(22)12-4-3-7-21(14(12)23)9-15(16,17)18/h3-7H,8-9H2,1-2H3,(H,19,22). The molecule has 0 aliphatic heterocycles. The van der Waals surface area contributed by atoms with Crippen LogP contribution in [0.15, 0.2) is 35.3 Å². The van der Waals surface area contributed by atoms with Gasteiger partial charge in [-0.1, -0.05) is 0 Å². The minimum atomic E-state index is -4.53. The van der Waals surface area contributed by atoms with Crippen LogP contribution in [-0.4, -0.2) is 21.2 Å². The summed E-state index contributed by atoms with van der Waals surface area (Å²) in [6.45, 7) is 0.652. The number of nitrogens with one attached hydrogen (secondary N) is 1. The summed E-state index contributed by atoms with van der Waals surface area (Å²) < 4.78 is 39.6. The van der Waals surface area contributed by atoms with E-state index in [1.807, 2.05) is 30.7 Å². The zero-order valence-electron chi connectivity index (χ0n) is 12.6. The first-order chi connectivity index (χ1) is 10.7. The molecular formula is C15H16F3N3O2. The molecule has 0 bridgehead atoms. The number of carbonyl (C=O) groups excluding carboxylic acids is 1. The van der Waals surface area contributed by atoms with Crippen LogP contribution >= 0.6 is 0 Å². The molecule has 0 aromatic carbocycles. The minimum Gasteiger partial charge on any atom is -0.350 e. The Bertz CT molecular complexity index is 775. The Balaban J connectivity index is 2.15. The SMILES string of the molecule is Cc1ccc(CNC(=O)c2cccn(CC(F)(F)F)c2=O)n1C. The average molecular weight is 327 g/mol. The van der Waals surface area contributed by atoms with Crippen molar-refractivity contribution in [1.82, 2.24) is 14.5 Å². The number of hydrogen-bond donors (Lipinski definition) is 1. The summed E-state index contributed by atoms with van der Waals surface area (Å²) in [4.78, 5) is 24.0. The van der Waals surface area contributed by atoms with Gasteiger partial charge in [-0.25, -0.2) is 0 Å². The van der Waals surface area contributed by atoms with Crippen molar-refractivity contribution in [3.8, 4) is 0 Å². The second-order valence-corrected chi connectivity index (χ2v) is 5.18. The lowest BCUT2D eigenvalue weighted by molar-refractivity contribution is -0.141. The lowest BCUT2D eigenvalue weighted by atomic mass is 10.2. The fourth-order valence-corrected chi connectivity index (χ4v) is 2.14. The summed E-state index contributed by atoms with van der Waals surface area (Å²) in [7, 11) is 1.83. The van der Waals surface area contributed by atoms with E-state index in [0.717, 1.165) is 17.6 Å². The third kappa shape index (κ3) is 4.02. The molecule has 0 aliphatic carbocycles. The number of nitrogens with zero attached hydrogens (tertiary/aromatic N) is 2. The molecular weight excluding hydrogens is 311 g/mol. The molecule has 5 nitrogen and oxygen atoms in total. The average Bonchev–Trinajstić information content (AvgIpc) is 2.77. The topological polar surface area (TPSA) is 56.0 Å². The van der Waals surface area contributed by atoms with Crippen molar-refractivity contribution < 1.29 is 18.0 Å². The van der Waals surface area contributed by atoms with E-state index in [0.29, 0.717) is 4.57 Å². The van der Waals surface area contributed by atoms with Crippen LogP contribution in [0.3, 0.4) is 0 Å². The van der Waals surface area contributed by atoms with Gasteiger partial charge in [0.2, 0.25) is 0 Å². The molecule has 0 aliphatic rings. The molecule has 0 atom stereocenters. The molecule has 2 heterocycles. The van der Waals surface area contributed by atoms with Gasteiger partial charge in [-0.05, 0) is 31.2 Å². The molecule has 0 radical (unpaired) electrons. The minimum absolute atomic E-state index is 0.177. The van der Waals surface area contributed by atoms with Crippen LogP contribution in [0, 0.1) is 6.92 Å². The quantitative estimate of drug-likeness (QED) is 0.934. The zero-order chi connectivity index (χ0) is 17.2.